The molecule has 1 aromatic heterocycles. The topological polar surface area (TPSA) is 101 Å². The third kappa shape index (κ3) is 5.90. The molecule has 0 aliphatic rings. The molecule has 0 unspecified atom stereocenters. The van der Waals surface area contributed by atoms with E-state index >= 15 is 0 Å². The molecular weight excluding hydrogens is 340 g/mol. The summed E-state index contributed by atoms with van der Waals surface area (Å²) >= 11 is 5.49. The zero-order valence-corrected chi connectivity index (χ0v) is 15.0. The van der Waals surface area contributed by atoms with Crippen LogP contribution in [0, 0.1) is 6.92 Å². The van der Waals surface area contributed by atoms with Crippen molar-refractivity contribution in [1.29, 1.82) is 0 Å². The van der Waals surface area contributed by atoms with E-state index in [9.17, 15) is 9.59 Å². The molecule has 6 nitrogen and oxygen atoms in total. The second kappa shape index (κ2) is 9.22. The molecule has 0 aliphatic heterocycles. The first kappa shape index (κ1) is 19.0. The van der Waals surface area contributed by atoms with Gasteiger partial charge in [0, 0.05) is 29.9 Å². The van der Waals surface area contributed by atoms with Crippen molar-refractivity contribution in [1.82, 2.24) is 9.97 Å². The highest BCUT2D eigenvalue weighted by molar-refractivity contribution is 6.27. The van der Waals surface area contributed by atoms with E-state index in [1.807, 2.05) is 24.3 Å². The van der Waals surface area contributed by atoms with Crippen LogP contribution < -0.4 is 16.6 Å². The third-order valence-corrected chi connectivity index (χ3v) is 4.27. The molecule has 0 saturated carbocycles. The first-order valence-corrected chi connectivity index (χ1v) is 8.79. The van der Waals surface area contributed by atoms with E-state index in [0.717, 1.165) is 24.2 Å². The van der Waals surface area contributed by atoms with Crippen LogP contribution in [0.1, 0.15) is 29.7 Å². The summed E-state index contributed by atoms with van der Waals surface area (Å²) in [5.74, 6) is 0.286. The van der Waals surface area contributed by atoms with Gasteiger partial charge < -0.3 is 11.1 Å². The van der Waals surface area contributed by atoms with Crippen molar-refractivity contribution in [3.63, 3.8) is 0 Å². The van der Waals surface area contributed by atoms with Gasteiger partial charge in [-0.15, -0.1) is 11.6 Å². The van der Waals surface area contributed by atoms with Gasteiger partial charge in [0.25, 0.3) is 5.56 Å². The maximum atomic E-state index is 11.9. The zero-order valence-electron chi connectivity index (χ0n) is 14.3. The quantitative estimate of drug-likeness (QED) is 0.470. The van der Waals surface area contributed by atoms with Crippen molar-refractivity contribution < 1.29 is 4.79 Å². The molecular formula is C18H23ClN4O2. The number of aromatic nitrogens is 2. The second-order valence-electron chi connectivity index (χ2n) is 5.91. The number of carbonyl (C=O) groups is 1. The van der Waals surface area contributed by atoms with Gasteiger partial charge in [-0.1, -0.05) is 12.1 Å². The number of rotatable bonds is 9. The van der Waals surface area contributed by atoms with Crippen molar-refractivity contribution in [3.8, 4) is 0 Å². The van der Waals surface area contributed by atoms with E-state index in [1.54, 1.807) is 6.92 Å². The summed E-state index contributed by atoms with van der Waals surface area (Å²) < 4.78 is 0. The van der Waals surface area contributed by atoms with Crippen molar-refractivity contribution in [2.24, 2.45) is 0 Å². The molecule has 0 fully saturated rings. The lowest BCUT2D eigenvalue weighted by Gasteiger charge is -2.08. The molecule has 0 saturated heterocycles. The Morgan fingerprint density at radius 2 is 2.00 bits per heavy atom. The number of alkyl halides is 1. The number of hydrogen-bond acceptors (Lipinski definition) is 5. The summed E-state index contributed by atoms with van der Waals surface area (Å²) in [5, 5.41) is 3.32. The number of aryl methyl sites for hydroxylation is 2. The Labute approximate surface area is 151 Å². The summed E-state index contributed by atoms with van der Waals surface area (Å²) in [6.45, 7) is 2.54. The van der Waals surface area contributed by atoms with Crippen LogP contribution in [0.2, 0.25) is 0 Å². The first-order valence-electron chi connectivity index (χ1n) is 8.25. The summed E-state index contributed by atoms with van der Waals surface area (Å²) in [6.07, 6.45) is 2.62. The number of nitrogens with two attached hydrogens (primary N) is 1. The number of anilines is 2. The molecule has 0 bridgehead atoms. The van der Waals surface area contributed by atoms with Crippen LogP contribution in [-0.4, -0.2) is 28.2 Å². The van der Waals surface area contributed by atoms with Crippen LogP contribution in [0.3, 0.4) is 0 Å². The van der Waals surface area contributed by atoms with Crippen LogP contribution in [0.15, 0.2) is 29.1 Å². The van der Waals surface area contributed by atoms with E-state index in [4.69, 9.17) is 17.3 Å². The van der Waals surface area contributed by atoms with Gasteiger partial charge in [-0.2, -0.15) is 0 Å². The highest BCUT2D eigenvalue weighted by Gasteiger charge is 2.06. The van der Waals surface area contributed by atoms with Gasteiger partial charge in [0.05, 0.1) is 5.88 Å². The molecule has 2 aromatic rings. The summed E-state index contributed by atoms with van der Waals surface area (Å²) in [5.41, 5.74) is 8.82. The maximum Gasteiger partial charge on any atom is 0.255 e. The minimum absolute atomic E-state index is 0.0614. The molecule has 0 spiro atoms. The van der Waals surface area contributed by atoms with Crippen LogP contribution in [-0.2, 0) is 17.6 Å². The minimum atomic E-state index is -0.166. The van der Waals surface area contributed by atoms with Crippen molar-refractivity contribution in [2.75, 3.05) is 23.5 Å². The number of aromatic amines is 1. The maximum absolute atomic E-state index is 11.9. The van der Waals surface area contributed by atoms with E-state index in [1.165, 1.54) is 0 Å². The summed E-state index contributed by atoms with van der Waals surface area (Å²) in [4.78, 5) is 29.7. The van der Waals surface area contributed by atoms with Crippen molar-refractivity contribution >= 4 is 29.0 Å². The summed E-state index contributed by atoms with van der Waals surface area (Å²) in [7, 11) is 0. The minimum Gasteiger partial charge on any atom is -0.385 e. The molecule has 7 heteroatoms. The van der Waals surface area contributed by atoms with Gasteiger partial charge in [0.1, 0.15) is 5.78 Å². The van der Waals surface area contributed by atoms with Crippen molar-refractivity contribution in [2.45, 2.75) is 32.6 Å². The monoisotopic (exact) mass is 362 g/mol. The molecule has 134 valence electrons. The highest BCUT2D eigenvalue weighted by atomic mass is 35.5. The average molecular weight is 363 g/mol. The number of H-pyrrole nitrogens is 1. The fourth-order valence-corrected chi connectivity index (χ4v) is 2.70. The van der Waals surface area contributed by atoms with Gasteiger partial charge in [-0.3, -0.25) is 14.6 Å². The standard InChI is InChI=1S/C18H23ClN4O2/c1-12-16(17(25)23-18(20)22-12)3-2-10-21-14-7-4-13(5-8-14)6-9-15(24)11-19/h4-5,7-8,21H,2-3,6,9-11H2,1H3,(H3,20,22,23,25). The van der Waals surface area contributed by atoms with Crippen LogP contribution >= 0.6 is 11.6 Å². The predicted octanol–water partition coefficient (Wildman–Crippen LogP) is 2.45. The average Bonchev–Trinajstić information content (AvgIpc) is 2.59. The third-order valence-electron chi connectivity index (χ3n) is 3.97. The Bertz CT molecular complexity index is 772. The predicted molar refractivity (Wildman–Crippen MR) is 101 cm³/mol. The van der Waals surface area contributed by atoms with E-state index in [0.29, 0.717) is 30.5 Å². The number of ketones is 1. The fourth-order valence-electron chi connectivity index (χ4n) is 2.56. The molecule has 25 heavy (non-hydrogen) atoms. The van der Waals surface area contributed by atoms with Crippen LogP contribution in [0.5, 0.6) is 0 Å². The molecule has 4 N–H and O–H groups in total. The smallest absolute Gasteiger partial charge is 0.255 e. The summed E-state index contributed by atoms with van der Waals surface area (Å²) in [6, 6.07) is 7.98. The highest BCUT2D eigenvalue weighted by Crippen LogP contribution is 2.12. The van der Waals surface area contributed by atoms with Crippen molar-refractivity contribution in [3.05, 3.63) is 51.4 Å². The van der Waals surface area contributed by atoms with Gasteiger partial charge in [0.15, 0.2) is 0 Å². The molecule has 0 radical (unpaired) electrons. The number of halogens is 1. The molecule has 0 amide bonds. The number of nitrogens with zero attached hydrogens (tertiary/aromatic N) is 1. The lowest BCUT2D eigenvalue weighted by atomic mass is 10.1. The second-order valence-corrected chi connectivity index (χ2v) is 6.18. The Morgan fingerprint density at radius 3 is 2.64 bits per heavy atom. The van der Waals surface area contributed by atoms with E-state index in [2.05, 4.69) is 15.3 Å². The zero-order chi connectivity index (χ0) is 18.2. The largest absolute Gasteiger partial charge is 0.385 e. The SMILES string of the molecule is Cc1nc(N)[nH]c(=O)c1CCCNc1ccc(CCC(=O)CCl)cc1. The van der Waals surface area contributed by atoms with Gasteiger partial charge in [0.2, 0.25) is 5.95 Å². The number of nitrogens with one attached hydrogen (secondary N) is 2. The Hall–Kier alpha value is -2.34. The normalized spacial score (nSPS) is 10.6. The number of hydrogen-bond donors (Lipinski definition) is 3. The van der Waals surface area contributed by atoms with Gasteiger partial charge in [-0.25, -0.2) is 4.98 Å². The lowest BCUT2D eigenvalue weighted by Crippen LogP contribution is -2.19. The van der Waals surface area contributed by atoms with Crippen LogP contribution in [0.25, 0.3) is 0 Å². The lowest BCUT2D eigenvalue weighted by molar-refractivity contribution is -0.116. The molecule has 1 aromatic carbocycles. The molecule has 2 rings (SSSR count). The Kier molecular flexibility index (Phi) is 7.01. The first-order chi connectivity index (χ1) is 12.0. The number of nitrogen functional groups attached to an aromatic ring is 1. The van der Waals surface area contributed by atoms with E-state index in [-0.39, 0.29) is 23.2 Å². The van der Waals surface area contributed by atoms with Gasteiger partial charge >= 0.3 is 0 Å². The number of carbonyl (C=O) groups excluding carboxylic acids is 1. The fraction of sp³-hybridized carbons (Fsp3) is 0.389. The van der Waals surface area contributed by atoms with E-state index < -0.39 is 0 Å². The van der Waals surface area contributed by atoms with Crippen LogP contribution in [0.4, 0.5) is 11.6 Å². The molecule has 0 aliphatic carbocycles. The molecule has 0 atom stereocenters. The Morgan fingerprint density at radius 1 is 1.28 bits per heavy atom. The Balaban J connectivity index is 1.79. The molecule has 1 heterocycles. The number of Topliss-reactive ketones (excluding diaryl/α,β-unsaturated/α-hetero) is 1. The number of benzene rings is 1. The van der Waals surface area contributed by atoms with Gasteiger partial charge in [-0.05, 0) is 43.9 Å².